The number of barbiturate groups is 1. The second-order valence-electron chi connectivity index (χ2n) is 6.12. The van der Waals surface area contributed by atoms with Gasteiger partial charge in [0, 0.05) is 10.0 Å². The summed E-state index contributed by atoms with van der Waals surface area (Å²) >= 11 is 9.48. The molecule has 6 nitrogen and oxygen atoms in total. The van der Waals surface area contributed by atoms with Crippen LogP contribution in [0.1, 0.15) is 5.76 Å². The first-order valence-electron chi connectivity index (χ1n) is 8.46. The first-order chi connectivity index (χ1) is 13.9. The summed E-state index contributed by atoms with van der Waals surface area (Å²) in [6, 6.07) is 16.2. The third kappa shape index (κ3) is 3.74. The van der Waals surface area contributed by atoms with Crippen molar-refractivity contribution in [3.05, 3.63) is 81.5 Å². The molecule has 0 unspecified atom stereocenters. The van der Waals surface area contributed by atoms with Crippen molar-refractivity contribution < 1.29 is 18.8 Å². The Morgan fingerprint density at radius 2 is 1.69 bits per heavy atom. The monoisotopic (exact) mass is 470 g/mol. The molecule has 1 aliphatic heterocycles. The quantitative estimate of drug-likeness (QED) is 0.429. The lowest BCUT2D eigenvalue weighted by molar-refractivity contribution is -0.122. The van der Waals surface area contributed by atoms with Crippen LogP contribution in [0, 0.1) is 0 Å². The van der Waals surface area contributed by atoms with E-state index in [2.05, 4.69) is 21.2 Å². The second kappa shape index (κ2) is 7.69. The number of urea groups is 1. The second-order valence-corrected chi connectivity index (χ2v) is 7.44. The summed E-state index contributed by atoms with van der Waals surface area (Å²) in [6.45, 7) is 0. The van der Waals surface area contributed by atoms with Crippen molar-refractivity contribution in [1.29, 1.82) is 0 Å². The van der Waals surface area contributed by atoms with Gasteiger partial charge in [-0.25, -0.2) is 9.69 Å². The maximum Gasteiger partial charge on any atom is 0.335 e. The number of carbonyl (C=O) groups is 3. The lowest BCUT2D eigenvalue weighted by Gasteiger charge is -2.26. The van der Waals surface area contributed by atoms with Gasteiger partial charge in [0.15, 0.2) is 0 Å². The highest BCUT2D eigenvalue weighted by atomic mass is 79.9. The summed E-state index contributed by atoms with van der Waals surface area (Å²) in [7, 11) is 0. The number of imide groups is 2. The molecule has 1 fully saturated rings. The van der Waals surface area contributed by atoms with Crippen molar-refractivity contribution in [2.24, 2.45) is 0 Å². The van der Waals surface area contributed by atoms with Crippen molar-refractivity contribution in [2.75, 3.05) is 4.90 Å². The Kier molecular flexibility index (Phi) is 5.08. The van der Waals surface area contributed by atoms with E-state index in [4.69, 9.17) is 16.0 Å². The number of hydrogen-bond donors (Lipinski definition) is 1. The van der Waals surface area contributed by atoms with Crippen LogP contribution < -0.4 is 10.2 Å². The molecule has 144 valence electrons. The predicted octanol–water partition coefficient (Wildman–Crippen LogP) is 5.03. The van der Waals surface area contributed by atoms with Crippen LogP contribution in [-0.2, 0) is 9.59 Å². The minimum Gasteiger partial charge on any atom is -0.457 e. The van der Waals surface area contributed by atoms with E-state index in [1.807, 2.05) is 6.07 Å². The number of halogens is 2. The van der Waals surface area contributed by atoms with E-state index >= 15 is 0 Å². The molecule has 2 aromatic carbocycles. The maximum absolute atomic E-state index is 12.9. The molecule has 4 rings (SSSR count). The van der Waals surface area contributed by atoms with E-state index in [0.29, 0.717) is 22.0 Å². The van der Waals surface area contributed by atoms with E-state index in [0.717, 1.165) is 9.37 Å². The van der Waals surface area contributed by atoms with Gasteiger partial charge >= 0.3 is 6.03 Å². The fraction of sp³-hybridized carbons (Fsp3) is 0. The number of anilines is 1. The molecule has 0 saturated carbocycles. The molecule has 2 heterocycles. The summed E-state index contributed by atoms with van der Waals surface area (Å²) in [5.41, 5.74) is 0.808. The number of carbonyl (C=O) groups excluding carboxylic acids is 3. The van der Waals surface area contributed by atoms with Crippen LogP contribution in [0.5, 0.6) is 0 Å². The van der Waals surface area contributed by atoms with Crippen LogP contribution in [-0.4, -0.2) is 17.8 Å². The zero-order chi connectivity index (χ0) is 20.5. The van der Waals surface area contributed by atoms with Crippen LogP contribution in [0.25, 0.3) is 17.4 Å². The highest BCUT2D eigenvalue weighted by Crippen LogP contribution is 2.30. The Morgan fingerprint density at radius 1 is 0.966 bits per heavy atom. The van der Waals surface area contributed by atoms with Crippen molar-refractivity contribution in [3.63, 3.8) is 0 Å². The normalized spacial score (nSPS) is 15.7. The third-order valence-electron chi connectivity index (χ3n) is 4.24. The molecule has 3 aromatic rings. The van der Waals surface area contributed by atoms with Crippen LogP contribution in [0.15, 0.2) is 75.1 Å². The van der Waals surface area contributed by atoms with Gasteiger partial charge in [-0.15, -0.1) is 0 Å². The number of rotatable bonds is 3. The van der Waals surface area contributed by atoms with E-state index in [9.17, 15) is 14.4 Å². The Bertz CT molecular complexity index is 1170. The fourth-order valence-corrected chi connectivity index (χ4v) is 3.35. The maximum atomic E-state index is 12.9. The van der Waals surface area contributed by atoms with Crippen molar-refractivity contribution >= 4 is 57.1 Å². The Balaban J connectivity index is 1.68. The molecule has 0 aliphatic carbocycles. The molecule has 0 bridgehead atoms. The molecule has 29 heavy (non-hydrogen) atoms. The third-order valence-corrected chi connectivity index (χ3v) is 5.10. The van der Waals surface area contributed by atoms with Gasteiger partial charge in [0.2, 0.25) is 0 Å². The zero-order valence-electron chi connectivity index (χ0n) is 14.7. The number of nitrogens with one attached hydrogen (secondary N) is 1. The van der Waals surface area contributed by atoms with Gasteiger partial charge in [0.25, 0.3) is 11.8 Å². The van der Waals surface area contributed by atoms with Gasteiger partial charge < -0.3 is 4.42 Å². The van der Waals surface area contributed by atoms with Crippen LogP contribution in [0.2, 0.25) is 5.02 Å². The standard InChI is InChI=1S/C21H12BrClN2O4/c22-12-5-7-13(8-6-12)25-20(27)16(19(26)24-21(25)28)11-14-9-10-18(29-14)15-3-1-2-4-17(15)23/h1-11H,(H,24,26,28). The Morgan fingerprint density at radius 3 is 2.41 bits per heavy atom. The summed E-state index contributed by atoms with van der Waals surface area (Å²) in [6.07, 6.45) is 1.30. The van der Waals surface area contributed by atoms with E-state index in [1.165, 1.54) is 6.08 Å². The highest BCUT2D eigenvalue weighted by Gasteiger charge is 2.37. The summed E-state index contributed by atoms with van der Waals surface area (Å²) in [4.78, 5) is 38.3. The van der Waals surface area contributed by atoms with Gasteiger partial charge in [0.05, 0.1) is 10.7 Å². The smallest absolute Gasteiger partial charge is 0.335 e. The number of hydrogen-bond acceptors (Lipinski definition) is 4. The lowest BCUT2D eigenvalue weighted by Crippen LogP contribution is -2.54. The van der Waals surface area contributed by atoms with Crippen LogP contribution in [0.3, 0.4) is 0 Å². The predicted molar refractivity (Wildman–Crippen MR) is 112 cm³/mol. The molecule has 0 radical (unpaired) electrons. The number of furan rings is 1. The average molecular weight is 472 g/mol. The molecular weight excluding hydrogens is 460 g/mol. The topological polar surface area (TPSA) is 79.6 Å². The Labute approximate surface area is 178 Å². The van der Waals surface area contributed by atoms with Gasteiger partial charge in [0.1, 0.15) is 17.1 Å². The van der Waals surface area contributed by atoms with Crippen molar-refractivity contribution in [2.45, 2.75) is 0 Å². The first-order valence-corrected chi connectivity index (χ1v) is 9.63. The van der Waals surface area contributed by atoms with Crippen LogP contribution in [0.4, 0.5) is 10.5 Å². The number of nitrogens with zero attached hydrogens (tertiary/aromatic N) is 1. The van der Waals surface area contributed by atoms with E-state index in [-0.39, 0.29) is 11.3 Å². The number of amides is 4. The van der Waals surface area contributed by atoms with Crippen molar-refractivity contribution in [1.82, 2.24) is 5.32 Å². The minimum absolute atomic E-state index is 0.215. The molecule has 1 N–H and O–H groups in total. The molecule has 8 heteroatoms. The molecule has 0 atom stereocenters. The first kappa shape index (κ1) is 19.2. The summed E-state index contributed by atoms with van der Waals surface area (Å²) in [5.74, 6) is -0.753. The molecule has 1 aliphatic rings. The van der Waals surface area contributed by atoms with Gasteiger partial charge in [-0.2, -0.15) is 0 Å². The Hall–Kier alpha value is -3.16. The summed E-state index contributed by atoms with van der Waals surface area (Å²) < 4.78 is 6.52. The van der Waals surface area contributed by atoms with Gasteiger partial charge in [-0.3, -0.25) is 14.9 Å². The van der Waals surface area contributed by atoms with Gasteiger partial charge in [-0.05, 0) is 54.6 Å². The zero-order valence-corrected chi connectivity index (χ0v) is 17.0. The molecule has 4 amide bonds. The highest BCUT2D eigenvalue weighted by molar-refractivity contribution is 9.10. The van der Waals surface area contributed by atoms with E-state index in [1.54, 1.807) is 54.6 Å². The molecular formula is C21H12BrClN2O4. The largest absolute Gasteiger partial charge is 0.457 e. The molecule has 0 spiro atoms. The minimum atomic E-state index is -0.810. The lowest BCUT2D eigenvalue weighted by atomic mass is 10.1. The van der Waals surface area contributed by atoms with Gasteiger partial charge in [-0.1, -0.05) is 39.7 Å². The number of benzene rings is 2. The van der Waals surface area contributed by atoms with Crippen molar-refractivity contribution in [3.8, 4) is 11.3 Å². The fourth-order valence-electron chi connectivity index (χ4n) is 2.86. The average Bonchev–Trinajstić information content (AvgIpc) is 3.15. The van der Waals surface area contributed by atoms with Crippen LogP contribution >= 0.6 is 27.5 Å². The summed E-state index contributed by atoms with van der Waals surface area (Å²) in [5, 5.41) is 2.69. The SMILES string of the molecule is O=C1NC(=O)N(c2ccc(Br)cc2)C(=O)C1=Cc1ccc(-c2ccccc2Cl)o1. The molecule has 1 aromatic heterocycles. The molecule has 1 saturated heterocycles. The van der Waals surface area contributed by atoms with E-state index < -0.39 is 17.8 Å².